The van der Waals surface area contributed by atoms with Gasteiger partial charge in [-0.1, -0.05) is 48.8 Å². The summed E-state index contributed by atoms with van der Waals surface area (Å²) >= 11 is 0. The molecule has 1 amide bonds. The highest BCUT2D eigenvalue weighted by atomic mass is 16.2. The standard InChI is InChI=1S/C31H32N4O/c1-3-29-24(2)7-12-27-23-35(31(36)30(27)29)17-5-4-6-25-8-10-26(11-9-25)22-33-18-20-34(21-19-33)28-13-15-32-16-14-28/h3,7-16H,1,5,17-23H2,2H3. The first-order valence-corrected chi connectivity index (χ1v) is 12.6. The van der Waals surface area contributed by atoms with E-state index in [1.807, 2.05) is 24.2 Å². The van der Waals surface area contributed by atoms with Crippen LogP contribution < -0.4 is 4.90 Å². The Morgan fingerprint density at radius 3 is 2.47 bits per heavy atom. The lowest BCUT2D eigenvalue weighted by Crippen LogP contribution is -2.45. The highest BCUT2D eigenvalue weighted by Gasteiger charge is 2.29. The van der Waals surface area contributed by atoms with Gasteiger partial charge in [0.2, 0.25) is 0 Å². The molecule has 5 heteroatoms. The van der Waals surface area contributed by atoms with E-state index in [1.54, 1.807) is 6.08 Å². The summed E-state index contributed by atoms with van der Waals surface area (Å²) in [5.41, 5.74) is 7.53. The summed E-state index contributed by atoms with van der Waals surface area (Å²) in [5.74, 6) is 6.61. The van der Waals surface area contributed by atoms with E-state index in [9.17, 15) is 4.79 Å². The lowest BCUT2D eigenvalue weighted by Gasteiger charge is -2.36. The SMILES string of the molecule is C=Cc1c(C)ccc2c1C(=O)N(CCC#Cc1ccc(CN3CCN(c4ccncc4)CC3)cc1)C2. The Kier molecular flexibility index (Phi) is 7.16. The van der Waals surface area contributed by atoms with Crippen LogP contribution in [0.4, 0.5) is 5.69 Å². The molecule has 0 bridgehead atoms. The first-order chi connectivity index (χ1) is 17.6. The number of amides is 1. The third-order valence-corrected chi connectivity index (χ3v) is 7.12. The first-order valence-electron chi connectivity index (χ1n) is 12.6. The number of carbonyl (C=O) groups excluding carboxylic acids is 1. The lowest BCUT2D eigenvalue weighted by atomic mass is 9.98. The zero-order chi connectivity index (χ0) is 24.9. The molecule has 182 valence electrons. The minimum absolute atomic E-state index is 0.0939. The fourth-order valence-corrected chi connectivity index (χ4v) is 5.06. The molecule has 0 saturated carbocycles. The van der Waals surface area contributed by atoms with Crippen molar-refractivity contribution < 1.29 is 4.79 Å². The van der Waals surface area contributed by atoms with Crippen molar-refractivity contribution in [3.63, 3.8) is 0 Å². The second-order valence-electron chi connectivity index (χ2n) is 9.48. The molecule has 2 aromatic carbocycles. The summed E-state index contributed by atoms with van der Waals surface area (Å²) in [7, 11) is 0. The van der Waals surface area contributed by atoms with Crippen LogP contribution in [0.5, 0.6) is 0 Å². The molecule has 1 fully saturated rings. The van der Waals surface area contributed by atoms with Crippen LogP contribution in [0, 0.1) is 18.8 Å². The highest BCUT2D eigenvalue weighted by Crippen LogP contribution is 2.29. The quantitative estimate of drug-likeness (QED) is 0.481. The van der Waals surface area contributed by atoms with Gasteiger partial charge in [-0.2, -0.15) is 0 Å². The third-order valence-electron chi connectivity index (χ3n) is 7.12. The molecule has 3 aromatic rings. The Morgan fingerprint density at radius 2 is 1.75 bits per heavy atom. The molecule has 0 aliphatic carbocycles. The molecule has 0 atom stereocenters. The summed E-state index contributed by atoms with van der Waals surface area (Å²) in [6.07, 6.45) is 6.17. The largest absolute Gasteiger partial charge is 0.369 e. The number of aryl methyl sites for hydroxylation is 1. The Morgan fingerprint density at radius 1 is 1.00 bits per heavy atom. The Balaban J connectivity index is 1.09. The molecule has 1 saturated heterocycles. The van der Waals surface area contributed by atoms with Gasteiger partial charge in [0.15, 0.2) is 0 Å². The van der Waals surface area contributed by atoms with Crippen LogP contribution in [0.1, 0.15) is 44.6 Å². The van der Waals surface area contributed by atoms with Gasteiger partial charge in [-0.15, -0.1) is 0 Å². The van der Waals surface area contributed by atoms with E-state index in [4.69, 9.17) is 0 Å². The van der Waals surface area contributed by atoms with Gasteiger partial charge < -0.3 is 9.80 Å². The van der Waals surface area contributed by atoms with Crippen LogP contribution in [0.3, 0.4) is 0 Å². The topological polar surface area (TPSA) is 39.7 Å². The van der Waals surface area contributed by atoms with Crippen molar-refractivity contribution in [1.29, 1.82) is 0 Å². The molecule has 5 rings (SSSR count). The van der Waals surface area contributed by atoms with Crippen molar-refractivity contribution in [2.45, 2.75) is 26.4 Å². The summed E-state index contributed by atoms with van der Waals surface area (Å²) in [6.45, 7) is 12.3. The average molecular weight is 477 g/mol. The van der Waals surface area contributed by atoms with Gasteiger partial charge in [-0.3, -0.25) is 14.7 Å². The molecule has 0 spiro atoms. The Labute approximate surface area is 214 Å². The number of piperazine rings is 1. The fraction of sp³-hybridized carbons (Fsp3) is 0.290. The number of carbonyl (C=O) groups is 1. The summed E-state index contributed by atoms with van der Waals surface area (Å²) in [4.78, 5) is 23.8. The minimum Gasteiger partial charge on any atom is -0.369 e. The predicted molar refractivity (Wildman–Crippen MR) is 146 cm³/mol. The van der Waals surface area contributed by atoms with Crippen molar-refractivity contribution in [3.05, 3.63) is 101 Å². The molecular formula is C31H32N4O. The maximum absolute atomic E-state index is 12.9. The summed E-state index contributed by atoms with van der Waals surface area (Å²) < 4.78 is 0. The van der Waals surface area contributed by atoms with E-state index in [0.717, 1.165) is 60.5 Å². The number of hydrogen-bond acceptors (Lipinski definition) is 4. The van der Waals surface area contributed by atoms with Gasteiger partial charge >= 0.3 is 0 Å². The number of aromatic nitrogens is 1. The molecule has 36 heavy (non-hydrogen) atoms. The normalized spacial score (nSPS) is 15.4. The zero-order valence-corrected chi connectivity index (χ0v) is 20.9. The number of fused-ring (bicyclic) bond motifs is 1. The molecule has 2 aliphatic rings. The first kappa shape index (κ1) is 23.8. The summed E-state index contributed by atoms with van der Waals surface area (Å²) in [6, 6.07) is 16.9. The fourth-order valence-electron chi connectivity index (χ4n) is 5.06. The van der Waals surface area contributed by atoms with Gasteiger partial charge in [0, 0.05) is 75.9 Å². The van der Waals surface area contributed by atoms with Crippen LogP contribution in [-0.2, 0) is 13.1 Å². The predicted octanol–water partition coefficient (Wildman–Crippen LogP) is 4.75. The van der Waals surface area contributed by atoms with Crippen molar-refractivity contribution in [2.24, 2.45) is 0 Å². The molecule has 0 unspecified atom stereocenters. The molecule has 0 N–H and O–H groups in total. The highest BCUT2D eigenvalue weighted by molar-refractivity contribution is 6.02. The van der Waals surface area contributed by atoms with Gasteiger partial charge in [-0.25, -0.2) is 0 Å². The van der Waals surface area contributed by atoms with Crippen molar-refractivity contribution in [3.8, 4) is 11.8 Å². The van der Waals surface area contributed by atoms with E-state index in [-0.39, 0.29) is 5.91 Å². The Bertz CT molecular complexity index is 1300. The average Bonchev–Trinajstić information content (AvgIpc) is 3.24. The Hall–Kier alpha value is -3.88. The van der Waals surface area contributed by atoms with Crippen LogP contribution in [0.15, 0.2) is 67.5 Å². The number of nitrogens with zero attached hydrogens (tertiary/aromatic N) is 4. The zero-order valence-electron chi connectivity index (χ0n) is 20.9. The van der Waals surface area contributed by atoms with Gasteiger partial charge in [0.25, 0.3) is 5.91 Å². The second-order valence-corrected chi connectivity index (χ2v) is 9.48. The van der Waals surface area contributed by atoms with Crippen LogP contribution >= 0.6 is 0 Å². The molecule has 1 aromatic heterocycles. The van der Waals surface area contributed by atoms with E-state index in [0.29, 0.717) is 19.5 Å². The van der Waals surface area contributed by atoms with Crippen molar-refractivity contribution in [2.75, 3.05) is 37.6 Å². The molecule has 0 radical (unpaired) electrons. The number of benzene rings is 2. The molecular weight excluding hydrogens is 444 g/mol. The molecule has 5 nitrogen and oxygen atoms in total. The monoisotopic (exact) mass is 476 g/mol. The maximum Gasteiger partial charge on any atom is 0.255 e. The molecule has 3 heterocycles. The minimum atomic E-state index is 0.0939. The van der Waals surface area contributed by atoms with E-state index >= 15 is 0 Å². The number of pyridine rings is 1. The van der Waals surface area contributed by atoms with Crippen LogP contribution in [0.2, 0.25) is 0 Å². The number of hydrogen-bond donors (Lipinski definition) is 0. The van der Waals surface area contributed by atoms with Crippen LogP contribution in [-0.4, -0.2) is 53.4 Å². The van der Waals surface area contributed by atoms with Crippen molar-refractivity contribution >= 4 is 17.7 Å². The number of rotatable bonds is 6. The smallest absolute Gasteiger partial charge is 0.255 e. The second kappa shape index (κ2) is 10.8. The summed E-state index contributed by atoms with van der Waals surface area (Å²) in [5, 5.41) is 0. The van der Waals surface area contributed by atoms with Gasteiger partial charge in [0.05, 0.1) is 5.56 Å². The van der Waals surface area contributed by atoms with Crippen molar-refractivity contribution in [1.82, 2.24) is 14.8 Å². The maximum atomic E-state index is 12.9. The lowest BCUT2D eigenvalue weighted by molar-refractivity contribution is 0.0782. The van der Waals surface area contributed by atoms with Gasteiger partial charge in [0.1, 0.15) is 0 Å². The van der Waals surface area contributed by atoms with E-state index < -0.39 is 0 Å². The van der Waals surface area contributed by atoms with E-state index in [1.165, 1.54) is 11.3 Å². The van der Waals surface area contributed by atoms with E-state index in [2.05, 4.69) is 81.7 Å². The number of anilines is 1. The van der Waals surface area contributed by atoms with Crippen LogP contribution in [0.25, 0.3) is 6.08 Å². The molecule has 2 aliphatic heterocycles. The third kappa shape index (κ3) is 5.19. The van der Waals surface area contributed by atoms with Gasteiger partial charge in [-0.05, 0) is 53.4 Å².